The monoisotopic (exact) mass is 315 g/mol. The summed E-state index contributed by atoms with van der Waals surface area (Å²) < 4.78 is 36.0. The number of methoxy groups -OCH3 is 1. The molecule has 1 saturated heterocycles. The summed E-state index contributed by atoms with van der Waals surface area (Å²) >= 11 is 0. The SMILES string of the molecule is COC(=O)c1cc(S(=O)(=O)N(C)C2CCOC2)ccc1O. The van der Waals surface area contributed by atoms with Crippen LogP contribution in [0.25, 0.3) is 0 Å². The number of phenolic OH excluding ortho intramolecular Hbond substituents is 1. The number of sulfonamides is 1. The molecule has 0 aliphatic carbocycles. The predicted molar refractivity (Wildman–Crippen MR) is 73.6 cm³/mol. The van der Waals surface area contributed by atoms with Crippen molar-refractivity contribution in [1.29, 1.82) is 0 Å². The number of nitrogens with zero attached hydrogens (tertiary/aromatic N) is 1. The van der Waals surface area contributed by atoms with Crippen molar-refractivity contribution in [2.75, 3.05) is 27.4 Å². The van der Waals surface area contributed by atoms with Gasteiger partial charge in [-0.25, -0.2) is 13.2 Å². The van der Waals surface area contributed by atoms with Crippen LogP contribution < -0.4 is 0 Å². The minimum absolute atomic E-state index is 0.0740. The molecule has 1 aliphatic rings. The van der Waals surface area contributed by atoms with Crippen molar-refractivity contribution in [1.82, 2.24) is 4.31 Å². The number of carbonyl (C=O) groups is 1. The second kappa shape index (κ2) is 6.00. The highest BCUT2D eigenvalue weighted by atomic mass is 32.2. The smallest absolute Gasteiger partial charge is 0.341 e. The quantitative estimate of drug-likeness (QED) is 0.817. The van der Waals surface area contributed by atoms with Crippen molar-refractivity contribution < 1.29 is 27.8 Å². The van der Waals surface area contributed by atoms with Gasteiger partial charge in [-0.2, -0.15) is 4.31 Å². The number of aromatic hydroxyl groups is 1. The Kier molecular flexibility index (Phi) is 4.50. The molecule has 116 valence electrons. The number of ether oxygens (including phenoxy) is 2. The zero-order valence-electron chi connectivity index (χ0n) is 11.8. The molecule has 8 heteroatoms. The zero-order valence-corrected chi connectivity index (χ0v) is 12.6. The largest absolute Gasteiger partial charge is 0.507 e. The molecule has 7 nitrogen and oxygen atoms in total. The van der Waals surface area contributed by atoms with Crippen molar-refractivity contribution in [2.24, 2.45) is 0 Å². The first-order valence-electron chi connectivity index (χ1n) is 6.35. The van der Waals surface area contributed by atoms with Gasteiger partial charge in [-0.1, -0.05) is 0 Å². The summed E-state index contributed by atoms with van der Waals surface area (Å²) in [5.41, 5.74) is -0.186. The lowest BCUT2D eigenvalue weighted by Gasteiger charge is -2.22. The molecule has 1 fully saturated rings. The third kappa shape index (κ3) is 3.02. The Hall–Kier alpha value is -1.64. The number of phenols is 1. The predicted octanol–water partition coefficient (Wildman–Crippen LogP) is 0.588. The number of carbonyl (C=O) groups excluding carboxylic acids is 1. The van der Waals surface area contributed by atoms with Crippen LogP contribution in [0, 0.1) is 0 Å². The molecule has 0 bridgehead atoms. The lowest BCUT2D eigenvalue weighted by molar-refractivity contribution is 0.0597. The van der Waals surface area contributed by atoms with E-state index in [0.717, 1.165) is 19.2 Å². The fourth-order valence-electron chi connectivity index (χ4n) is 2.12. The fraction of sp³-hybridized carbons (Fsp3) is 0.462. The minimum Gasteiger partial charge on any atom is -0.507 e. The van der Waals surface area contributed by atoms with Gasteiger partial charge < -0.3 is 14.6 Å². The van der Waals surface area contributed by atoms with Gasteiger partial charge in [0.2, 0.25) is 10.0 Å². The molecule has 0 aromatic heterocycles. The lowest BCUT2D eigenvalue weighted by Crippen LogP contribution is -2.37. The van der Waals surface area contributed by atoms with Crippen LogP contribution in [0.15, 0.2) is 23.1 Å². The molecule has 2 rings (SSSR count). The maximum Gasteiger partial charge on any atom is 0.341 e. The van der Waals surface area contributed by atoms with E-state index in [-0.39, 0.29) is 22.3 Å². The number of rotatable bonds is 4. The zero-order chi connectivity index (χ0) is 15.6. The van der Waals surface area contributed by atoms with Crippen LogP contribution in [-0.4, -0.2) is 57.2 Å². The Morgan fingerprint density at radius 2 is 2.19 bits per heavy atom. The number of esters is 1. The molecule has 1 atom stereocenters. The Morgan fingerprint density at radius 1 is 1.48 bits per heavy atom. The Morgan fingerprint density at radius 3 is 2.76 bits per heavy atom. The van der Waals surface area contributed by atoms with E-state index in [1.54, 1.807) is 0 Å². The summed E-state index contributed by atoms with van der Waals surface area (Å²) in [5.74, 6) is -1.12. The maximum absolute atomic E-state index is 12.5. The minimum atomic E-state index is -3.77. The van der Waals surface area contributed by atoms with Crippen LogP contribution in [0.1, 0.15) is 16.8 Å². The number of hydrogen-bond acceptors (Lipinski definition) is 6. The van der Waals surface area contributed by atoms with Gasteiger partial charge in [0.25, 0.3) is 0 Å². The van der Waals surface area contributed by atoms with Crippen LogP contribution in [0.3, 0.4) is 0 Å². The van der Waals surface area contributed by atoms with Gasteiger partial charge in [-0.15, -0.1) is 0 Å². The average Bonchev–Trinajstić information content (AvgIpc) is 2.99. The van der Waals surface area contributed by atoms with E-state index in [9.17, 15) is 18.3 Å². The Labute approximate surface area is 123 Å². The van der Waals surface area contributed by atoms with Gasteiger partial charge in [0.15, 0.2) is 0 Å². The molecule has 0 spiro atoms. The first-order chi connectivity index (χ1) is 9.87. The molecule has 1 aromatic carbocycles. The van der Waals surface area contributed by atoms with Crippen molar-refractivity contribution in [2.45, 2.75) is 17.4 Å². The van der Waals surface area contributed by atoms with Gasteiger partial charge in [0.1, 0.15) is 11.3 Å². The third-order valence-electron chi connectivity index (χ3n) is 3.47. The summed E-state index contributed by atoms with van der Waals surface area (Å²) in [6.07, 6.45) is 0.623. The van der Waals surface area contributed by atoms with Crippen molar-refractivity contribution in [3.63, 3.8) is 0 Å². The van der Waals surface area contributed by atoms with E-state index in [4.69, 9.17) is 4.74 Å². The molecule has 1 unspecified atom stereocenters. The van der Waals surface area contributed by atoms with Crippen LogP contribution in [-0.2, 0) is 19.5 Å². The average molecular weight is 315 g/mol. The first kappa shape index (κ1) is 15.7. The standard InChI is InChI=1S/C13H17NO6S/c1-14(9-5-6-20-8-9)21(17,18)10-3-4-12(15)11(7-10)13(16)19-2/h3-4,7,9,15H,5-6,8H2,1-2H3. The number of hydrogen-bond donors (Lipinski definition) is 1. The van der Waals surface area contributed by atoms with E-state index in [0.29, 0.717) is 19.6 Å². The highest BCUT2D eigenvalue weighted by Crippen LogP contribution is 2.26. The Bertz CT molecular complexity index is 636. The van der Waals surface area contributed by atoms with Gasteiger partial charge in [-0.3, -0.25) is 0 Å². The number of likely N-dealkylation sites (N-methyl/N-ethyl adjacent to an activating group) is 1. The highest BCUT2D eigenvalue weighted by molar-refractivity contribution is 7.89. The van der Waals surface area contributed by atoms with Crippen LogP contribution in [0.5, 0.6) is 5.75 Å². The van der Waals surface area contributed by atoms with E-state index in [2.05, 4.69) is 4.74 Å². The van der Waals surface area contributed by atoms with E-state index in [1.807, 2.05) is 0 Å². The number of benzene rings is 1. The van der Waals surface area contributed by atoms with Crippen molar-refractivity contribution >= 4 is 16.0 Å². The summed E-state index contributed by atoms with van der Waals surface area (Å²) in [7, 11) is -1.14. The van der Waals surface area contributed by atoms with Gasteiger partial charge in [0.05, 0.1) is 24.7 Å². The molecule has 1 aliphatic heterocycles. The summed E-state index contributed by atoms with van der Waals surface area (Å²) in [6, 6.07) is 3.30. The normalized spacial score (nSPS) is 18.9. The second-order valence-electron chi connectivity index (χ2n) is 4.71. The van der Waals surface area contributed by atoms with Crippen LogP contribution >= 0.6 is 0 Å². The van der Waals surface area contributed by atoms with Gasteiger partial charge in [-0.05, 0) is 24.6 Å². The molecular weight excluding hydrogens is 298 g/mol. The van der Waals surface area contributed by atoms with Gasteiger partial charge in [0, 0.05) is 13.7 Å². The molecule has 1 aromatic rings. The lowest BCUT2D eigenvalue weighted by atomic mass is 10.2. The molecule has 1 N–H and O–H groups in total. The second-order valence-corrected chi connectivity index (χ2v) is 6.71. The third-order valence-corrected chi connectivity index (χ3v) is 5.38. The molecule has 1 heterocycles. The van der Waals surface area contributed by atoms with Crippen LogP contribution in [0.2, 0.25) is 0 Å². The highest BCUT2D eigenvalue weighted by Gasteiger charge is 2.31. The van der Waals surface area contributed by atoms with E-state index < -0.39 is 16.0 Å². The first-order valence-corrected chi connectivity index (χ1v) is 7.79. The van der Waals surface area contributed by atoms with Crippen molar-refractivity contribution in [3.8, 4) is 5.75 Å². The molecule has 0 radical (unpaired) electrons. The van der Waals surface area contributed by atoms with E-state index in [1.165, 1.54) is 17.4 Å². The Balaban J connectivity index is 2.38. The topological polar surface area (TPSA) is 93.1 Å². The molecular formula is C13H17NO6S. The summed E-state index contributed by atoms with van der Waals surface area (Å²) in [6.45, 7) is 0.866. The summed E-state index contributed by atoms with van der Waals surface area (Å²) in [5, 5.41) is 9.62. The molecule has 0 saturated carbocycles. The molecule has 0 amide bonds. The van der Waals surface area contributed by atoms with Crippen molar-refractivity contribution in [3.05, 3.63) is 23.8 Å². The fourth-order valence-corrected chi connectivity index (χ4v) is 3.52. The molecule has 21 heavy (non-hydrogen) atoms. The van der Waals surface area contributed by atoms with Crippen LogP contribution in [0.4, 0.5) is 0 Å². The van der Waals surface area contributed by atoms with E-state index >= 15 is 0 Å². The summed E-state index contributed by atoms with van der Waals surface area (Å²) in [4.78, 5) is 11.5. The van der Waals surface area contributed by atoms with Gasteiger partial charge >= 0.3 is 5.97 Å². The maximum atomic E-state index is 12.5.